The van der Waals surface area contributed by atoms with Crippen LogP contribution in [-0.4, -0.2) is 16.8 Å². The lowest BCUT2D eigenvalue weighted by Crippen LogP contribution is -2.34. The van der Waals surface area contributed by atoms with E-state index in [1.807, 2.05) is 30.3 Å². The Morgan fingerprint density at radius 2 is 1.82 bits per heavy atom. The van der Waals surface area contributed by atoms with Gasteiger partial charge in [-0.2, -0.15) is 0 Å². The van der Waals surface area contributed by atoms with Crippen LogP contribution in [0.1, 0.15) is 5.56 Å². The molecule has 0 saturated carbocycles. The molecule has 1 heterocycles. The van der Waals surface area contributed by atoms with E-state index in [1.165, 1.54) is 30.5 Å². The molecule has 4 N–H and O–H groups in total. The van der Waals surface area contributed by atoms with Gasteiger partial charge in [-0.05, 0) is 23.8 Å². The molecule has 3 rings (SSSR count). The van der Waals surface area contributed by atoms with E-state index in [2.05, 4.69) is 15.6 Å². The first-order chi connectivity index (χ1) is 13.5. The number of ether oxygens (including phenoxy) is 1. The van der Waals surface area contributed by atoms with Crippen molar-refractivity contribution in [2.75, 3.05) is 11.1 Å². The molecule has 0 spiro atoms. The molecule has 2 aromatic carbocycles. The summed E-state index contributed by atoms with van der Waals surface area (Å²) in [5, 5.41) is 4.84. The van der Waals surface area contributed by atoms with E-state index >= 15 is 0 Å². The number of carbonyl (C=O) groups is 2. The second kappa shape index (κ2) is 8.63. The topological polar surface area (TPSA) is 106 Å². The van der Waals surface area contributed by atoms with Crippen LogP contribution >= 0.6 is 0 Å². The molecular weight excluding hydrogens is 363 g/mol. The minimum atomic E-state index is -0.897. The van der Waals surface area contributed by atoms with Gasteiger partial charge in [-0.15, -0.1) is 0 Å². The molecule has 8 heteroatoms. The maximum Gasteiger partial charge on any atom is 0.313 e. The lowest BCUT2D eigenvalue weighted by molar-refractivity contribution is -0.136. The smallest absolute Gasteiger partial charge is 0.313 e. The molecule has 2 amide bonds. The van der Waals surface area contributed by atoms with Gasteiger partial charge in [0.2, 0.25) is 0 Å². The van der Waals surface area contributed by atoms with Crippen LogP contribution in [0.4, 0.5) is 15.9 Å². The number of halogens is 1. The SMILES string of the molecule is Nc1cc(Oc2ccc(NC(=O)C(=O)NCc3ccccc3)cc2F)ccn1. The van der Waals surface area contributed by atoms with E-state index in [0.717, 1.165) is 11.6 Å². The van der Waals surface area contributed by atoms with Crippen molar-refractivity contribution in [3.63, 3.8) is 0 Å². The molecule has 0 bridgehead atoms. The summed E-state index contributed by atoms with van der Waals surface area (Å²) in [6.07, 6.45) is 1.44. The third-order valence-corrected chi connectivity index (χ3v) is 3.67. The van der Waals surface area contributed by atoms with Crippen molar-refractivity contribution in [3.8, 4) is 11.5 Å². The average molecular weight is 380 g/mol. The van der Waals surface area contributed by atoms with E-state index in [1.54, 1.807) is 0 Å². The number of nitrogens with two attached hydrogens (primary N) is 1. The number of nitrogens with one attached hydrogen (secondary N) is 2. The summed E-state index contributed by atoms with van der Waals surface area (Å²) >= 11 is 0. The summed E-state index contributed by atoms with van der Waals surface area (Å²) in [6.45, 7) is 0.212. The van der Waals surface area contributed by atoms with E-state index in [-0.39, 0.29) is 23.8 Å². The van der Waals surface area contributed by atoms with Crippen LogP contribution in [0.5, 0.6) is 11.5 Å². The summed E-state index contributed by atoms with van der Waals surface area (Å²) in [7, 11) is 0. The van der Waals surface area contributed by atoms with E-state index in [4.69, 9.17) is 10.5 Å². The number of amides is 2. The summed E-state index contributed by atoms with van der Waals surface area (Å²) < 4.78 is 19.6. The van der Waals surface area contributed by atoms with Gasteiger partial charge < -0.3 is 21.1 Å². The van der Waals surface area contributed by atoms with E-state index < -0.39 is 17.6 Å². The largest absolute Gasteiger partial charge is 0.454 e. The summed E-state index contributed by atoms with van der Waals surface area (Å²) in [6, 6.07) is 15.9. The van der Waals surface area contributed by atoms with Gasteiger partial charge in [-0.25, -0.2) is 9.37 Å². The van der Waals surface area contributed by atoms with Crippen LogP contribution in [-0.2, 0) is 16.1 Å². The number of benzene rings is 2. The maximum atomic E-state index is 14.2. The van der Waals surface area contributed by atoms with Gasteiger partial charge in [-0.1, -0.05) is 30.3 Å². The maximum absolute atomic E-state index is 14.2. The fraction of sp³-hybridized carbons (Fsp3) is 0.0500. The molecule has 0 unspecified atom stereocenters. The van der Waals surface area contributed by atoms with Crippen LogP contribution in [0.2, 0.25) is 0 Å². The number of hydrogen-bond acceptors (Lipinski definition) is 5. The minimum absolute atomic E-state index is 0.0582. The Bertz CT molecular complexity index is 996. The Morgan fingerprint density at radius 3 is 2.54 bits per heavy atom. The molecule has 7 nitrogen and oxygen atoms in total. The van der Waals surface area contributed by atoms with Crippen molar-refractivity contribution >= 4 is 23.3 Å². The molecule has 0 aliphatic heterocycles. The van der Waals surface area contributed by atoms with Crippen LogP contribution < -0.4 is 21.1 Å². The normalized spacial score (nSPS) is 10.2. The first kappa shape index (κ1) is 18.8. The Labute approximate surface area is 160 Å². The molecule has 0 saturated heterocycles. The molecule has 0 aliphatic rings. The molecule has 0 aliphatic carbocycles. The number of nitrogens with zero attached hydrogens (tertiary/aromatic N) is 1. The van der Waals surface area contributed by atoms with Gasteiger partial charge in [0.25, 0.3) is 0 Å². The van der Waals surface area contributed by atoms with Crippen molar-refractivity contribution in [3.05, 3.63) is 78.2 Å². The number of carbonyl (C=O) groups excluding carboxylic acids is 2. The zero-order valence-corrected chi connectivity index (χ0v) is 14.7. The van der Waals surface area contributed by atoms with Crippen molar-refractivity contribution in [2.45, 2.75) is 6.54 Å². The standard InChI is InChI=1S/C20H17FN4O3/c21-16-10-14(6-7-17(16)28-15-8-9-23-18(22)11-15)25-20(27)19(26)24-12-13-4-2-1-3-5-13/h1-11H,12H2,(H2,22,23)(H,24,26)(H,25,27). The minimum Gasteiger partial charge on any atom is -0.454 e. The highest BCUT2D eigenvalue weighted by Gasteiger charge is 2.15. The zero-order valence-electron chi connectivity index (χ0n) is 14.7. The van der Waals surface area contributed by atoms with Crippen molar-refractivity contribution < 1.29 is 18.7 Å². The molecule has 0 atom stereocenters. The lowest BCUT2D eigenvalue weighted by Gasteiger charge is -2.10. The molecule has 0 radical (unpaired) electrons. The van der Waals surface area contributed by atoms with Gasteiger partial charge in [0.15, 0.2) is 11.6 Å². The Balaban J connectivity index is 1.58. The van der Waals surface area contributed by atoms with Crippen molar-refractivity contribution in [2.24, 2.45) is 0 Å². The van der Waals surface area contributed by atoms with Gasteiger partial charge in [0.1, 0.15) is 11.6 Å². The zero-order chi connectivity index (χ0) is 19.9. The summed E-state index contributed by atoms with van der Waals surface area (Å²) in [4.78, 5) is 27.7. The first-order valence-corrected chi connectivity index (χ1v) is 8.33. The number of hydrogen-bond donors (Lipinski definition) is 3. The monoisotopic (exact) mass is 380 g/mol. The molecule has 3 aromatic rings. The van der Waals surface area contributed by atoms with Crippen LogP contribution in [0, 0.1) is 5.82 Å². The predicted molar refractivity (Wildman–Crippen MR) is 102 cm³/mol. The van der Waals surface area contributed by atoms with Gasteiger partial charge in [0, 0.05) is 30.6 Å². The predicted octanol–water partition coefficient (Wildman–Crippen LogP) is 2.85. The number of pyridine rings is 1. The second-order valence-electron chi connectivity index (χ2n) is 5.79. The second-order valence-corrected chi connectivity index (χ2v) is 5.79. The number of aromatic nitrogens is 1. The van der Waals surface area contributed by atoms with E-state index in [0.29, 0.717) is 5.75 Å². The molecule has 28 heavy (non-hydrogen) atoms. The molecule has 1 aromatic heterocycles. The number of nitrogen functional groups attached to an aromatic ring is 1. The Hall–Kier alpha value is -3.94. The number of anilines is 2. The highest BCUT2D eigenvalue weighted by molar-refractivity contribution is 6.39. The quantitative estimate of drug-likeness (QED) is 0.590. The highest BCUT2D eigenvalue weighted by atomic mass is 19.1. The first-order valence-electron chi connectivity index (χ1n) is 8.33. The third kappa shape index (κ3) is 5.04. The highest BCUT2D eigenvalue weighted by Crippen LogP contribution is 2.27. The molecule has 0 fully saturated rings. The molecule has 142 valence electrons. The Kier molecular flexibility index (Phi) is 5.81. The average Bonchev–Trinajstić information content (AvgIpc) is 2.69. The van der Waals surface area contributed by atoms with Crippen molar-refractivity contribution in [1.29, 1.82) is 0 Å². The summed E-state index contributed by atoms with van der Waals surface area (Å²) in [5.74, 6) is -1.93. The van der Waals surface area contributed by atoms with Crippen LogP contribution in [0.3, 0.4) is 0 Å². The van der Waals surface area contributed by atoms with Crippen LogP contribution in [0.25, 0.3) is 0 Å². The summed E-state index contributed by atoms with van der Waals surface area (Å²) in [5.41, 5.74) is 6.53. The lowest BCUT2D eigenvalue weighted by atomic mass is 10.2. The Morgan fingerprint density at radius 1 is 1.04 bits per heavy atom. The van der Waals surface area contributed by atoms with E-state index in [9.17, 15) is 14.0 Å². The van der Waals surface area contributed by atoms with Gasteiger partial charge in [0.05, 0.1) is 0 Å². The number of rotatable bonds is 5. The van der Waals surface area contributed by atoms with Gasteiger partial charge in [-0.3, -0.25) is 9.59 Å². The van der Waals surface area contributed by atoms with Crippen molar-refractivity contribution in [1.82, 2.24) is 10.3 Å². The third-order valence-electron chi connectivity index (χ3n) is 3.67. The van der Waals surface area contributed by atoms with Crippen LogP contribution in [0.15, 0.2) is 66.9 Å². The molecular formula is C20H17FN4O3. The fourth-order valence-corrected chi connectivity index (χ4v) is 2.33. The van der Waals surface area contributed by atoms with Gasteiger partial charge >= 0.3 is 11.8 Å². The fourth-order valence-electron chi connectivity index (χ4n) is 2.33.